The highest BCUT2D eigenvalue weighted by molar-refractivity contribution is 7.09. The summed E-state index contributed by atoms with van der Waals surface area (Å²) in [6.45, 7) is 6.07. The molecule has 0 atom stereocenters. The number of thiophene rings is 1. The van der Waals surface area contributed by atoms with Gasteiger partial charge in [0.05, 0.1) is 0 Å². The van der Waals surface area contributed by atoms with E-state index in [-0.39, 0.29) is 5.41 Å². The van der Waals surface area contributed by atoms with Crippen LogP contribution in [0.4, 0.5) is 0 Å². The molecule has 0 radical (unpaired) electrons. The Morgan fingerprint density at radius 2 is 2.21 bits per heavy atom. The average molecular weight is 283 g/mol. The minimum atomic E-state index is -0.217. The summed E-state index contributed by atoms with van der Waals surface area (Å²) in [5, 5.41) is 17.3. The highest BCUT2D eigenvalue weighted by atomic mass is 32.1. The Morgan fingerprint density at radius 1 is 1.42 bits per heavy atom. The number of rotatable bonds is 9. The lowest BCUT2D eigenvalue weighted by Gasteiger charge is -2.22. The topological polar surface area (TPSA) is 70.6 Å². The number of unbranched alkanes of at least 4 members (excludes halogenated alkanes) is 1. The second-order valence-electron chi connectivity index (χ2n) is 5.41. The molecular weight excluding hydrogens is 258 g/mol. The fourth-order valence-corrected chi connectivity index (χ4v) is 2.58. The number of amidine groups is 1. The van der Waals surface area contributed by atoms with Crippen molar-refractivity contribution in [2.24, 2.45) is 16.3 Å². The Balaban J connectivity index is 2.02. The van der Waals surface area contributed by atoms with E-state index in [0.717, 1.165) is 38.8 Å². The molecule has 0 fully saturated rings. The van der Waals surface area contributed by atoms with Crippen LogP contribution in [0.2, 0.25) is 0 Å². The molecule has 1 heterocycles. The summed E-state index contributed by atoms with van der Waals surface area (Å²) >= 11 is 1.81. The lowest BCUT2D eigenvalue weighted by Crippen LogP contribution is -2.32. The van der Waals surface area contributed by atoms with Crippen LogP contribution in [0, 0.1) is 5.41 Å². The molecule has 0 aliphatic rings. The molecule has 0 spiro atoms. The van der Waals surface area contributed by atoms with E-state index in [2.05, 4.69) is 28.0 Å². The van der Waals surface area contributed by atoms with Crippen molar-refractivity contribution in [3.05, 3.63) is 22.4 Å². The quantitative estimate of drug-likeness (QED) is 0.214. The summed E-state index contributed by atoms with van der Waals surface area (Å²) in [6.07, 6.45) is 4.24. The van der Waals surface area contributed by atoms with E-state index in [1.807, 2.05) is 25.2 Å². The number of hydrogen-bond acceptors (Lipinski definition) is 4. The summed E-state index contributed by atoms with van der Waals surface area (Å²) in [6, 6.07) is 4.26. The molecule has 0 saturated carbocycles. The van der Waals surface area contributed by atoms with Crippen molar-refractivity contribution >= 4 is 17.2 Å². The van der Waals surface area contributed by atoms with Gasteiger partial charge in [-0.25, -0.2) is 0 Å². The van der Waals surface area contributed by atoms with Gasteiger partial charge in [-0.3, -0.25) is 0 Å². The van der Waals surface area contributed by atoms with Gasteiger partial charge in [-0.15, -0.1) is 11.3 Å². The predicted molar refractivity (Wildman–Crippen MR) is 81.9 cm³/mol. The molecule has 0 aliphatic carbocycles. The average Bonchev–Trinajstić information content (AvgIpc) is 2.89. The highest BCUT2D eigenvalue weighted by Gasteiger charge is 2.22. The smallest absolute Gasteiger partial charge is 0.144 e. The van der Waals surface area contributed by atoms with Crippen molar-refractivity contribution in [1.82, 2.24) is 5.32 Å². The second kappa shape index (κ2) is 8.17. The molecule has 108 valence electrons. The zero-order valence-electron chi connectivity index (χ0n) is 11.9. The first-order chi connectivity index (χ1) is 9.06. The first kappa shape index (κ1) is 16.0. The van der Waals surface area contributed by atoms with Gasteiger partial charge >= 0.3 is 0 Å². The monoisotopic (exact) mass is 283 g/mol. The molecule has 5 heteroatoms. The van der Waals surface area contributed by atoms with Gasteiger partial charge in [0.15, 0.2) is 0 Å². The minimum absolute atomic E-state index is 0.217. The van der Waals surface area contributed by atoms with Crippen LogP contribution in [-0.2, 0) is 6.42 Å². The van der Waals surface area contributed by atoms with E-state index in [1.165, 1.54) is 4.88 Å². The molecule has 0 aliphatic heterocycles. The highest BCUT2D eigenvalue weighted by Crippen LogP contribution is 2.23. The fraction of sp³-hybridized carbons (Fsp3) is 0.643. The molecule has 1 aromatic heterocycles. The Bertz CT molecular complexity index is 374. The van der Waals surface area contributed by atoms with Gasteiger partial charge in [-0.05, 0) is 43.8 Å². The van der Waals surface area contributed by atoms with Crippen molar-refractivity contribution in [3.63, 3.8) is 0 Å². The molecule has 1 rings (SSSR count). The Morgan fingerprint density at radius 3 is 2.84 bits per heavy atom. The molecule has 0 saturated heterocycles. The van der Waals surface area contributed by atoms with Crippen LogP contribution in [0.3, 0.4) is 0 Å². The van der Waals surface area contributed by atoms with Crippen LogP contribution in [-0.4, -0.2) is 24.1 Å². The molecular formula is C14H25N3OS. The molecule has 0 aromatic carbocycles. The van der Waals surface area contributed by atoms with Crippen LogP contribution < -0.4 is 11.1 Å². The van der Waals surface area contributed by atoms with E-state index in [0.29, 0.717) is 5.84 Å². The van der Waals surface area contributed by atoms with E-state index in [4.69, 9.17) is 10.9 Å². The summed E-state index contributed by atoms with van der Waals surface area (Å²) in [4.78, 5) is 1.43. The summed E-state index contributed by atoms with van der Waals surface area (Å²) in [5.74, 6) is 0.318. The molecule has 4 N–H and O–H groups in total. The predicted octanol–water partition coefficient (Wildman–Crippen LogP) is 2.82. The Labute approximate surface area is 119 Å². The van der Waals surface area contributed by atoms with E-state index >= 15 is 0 Å². The lowest BCUT2D eigenvalue weighted by atomic mass is 9.86. The van der Waals surface area contributed by atoms with Crippen molar-refractivity contribution in [3.8, 4) is 0 Å². The number of nitrogens with two attached hydrogens (primary N) is 1. The maximum atomic E-state index is 8.69. The van der Waals surface area contributed by atoms with Crippen molar-refractivity contribution in [1.29, 1.82) is 0 Å². The van der Waals surface area contributed by atoms with Crippen molar-refractivity contribution < 1.29 is 5.21 Å². The van der Waals surface area contributed by atoms with E-state index < -0.39 is 0 Å². The first-order valence-electron chi connectivity index (χ1n) is 6.77. The number of nitrogens with one attached hydrogen (secondary N) is 1. The van der Waals surface area contributed by atoms with Crippen LogP contribution in [0.15, 0.2) is 22.7 Å². The van der Waals surface area contributed by atoms with Gasteiger partial charge in [0.2, 0.25) is 0 Å². The van der Waals surface area contributed by atoms with Crippen LogP contribution >= 0.6 is 11.3 Å². The van der Waals surface area contributed by atoms with E-state index in [9.17, 15) is 0 Å². The van der Waals surface area contributed by atoms with Crippen LogP contribution in [0.5, 0.6) is 0 Å². The van der Waals surface area contributed by atoms with Gasteiger partial charge in [0, 0.05) is 10.3 Å². The number of nitrogens with zero attached hydrogens (tertiary/aromatic N) is 1. The molecule has 0 amide bonds. The standard InChI is InChI=1S/C14H25N3OS/c1-14(2,13(15)17-18)8-3-4-9-16-10-7-12-6-5-11-19-12/h5-6,11,16,18H,3-4,7-10H2,1-2H3,(H2,15,17). The largest absolute Gasteiger partial charge is 0.409 e. The zero-order valence-corrected chi connectivity index (χ0v) is 12.7. The summed E-state index contributed by atoms with van der Waals surface area (Å²) in [7, 11) is 0. The minimum Gasteiger partial charge on any atom is -0.409 e. The third-order valence-corrected chi connectivity index (χ3v) is 4.27. The number of hydrogen-bond donors (Lipinski definition) is 3. The Hall–Kier alpha value is -1.07. The van der Waals surface area contributed by atoms with Gasteiger partial charge in [0.1, 0.15) is 5.84 Å². The van der Waals surface area contributed by atoms with Gasteiger partial charge in [-0.2, -0.15) is 0 Å². The van der Waals surface area contributed by atoms with Crippen LogP contribution in [0.25, 0.3) is 0 Å². The lowest BCUT2D eigenvalue weighted by molar-refractivity contribution is 0.304. The second-order valence-corrected chi connectivity index (χ2v) is 6.44. The summed E-state index contributed by atoms with van der Waals surface area (Å²) in [5.41, 5.74) is 5.44. The molecule has 0 unspecified atom stereocenters. The third kappa shape index (κ3) is 6.07. The Kier molecular flexibility index (Phi) is 6.87. The van der Waals surface area contributed by atoms with E-state index in [1.54, 1.807) is 0 Å². The zero-order chi connectivity index (χ0) is 14.1. The molecule has 4 nitrogen and oxygen atoms in total. The van der Waals surface area contributed by atoms with Gasteiger partial charge in [0.25, 0.3) is 0 Å². The van der Waals surface area contributed by atoms with Gasteiger partial charge < -0.3 is 16.3 Å². The normalized spacial score (nSPS) is 12.8. The third-order valence-electron chi connectivity index (χ3n) is 3.33. The maximum Gasteiger partial charge on any atom is 0.144 e. The SMILES string of the molecule is CC(C)(CCCCNCCc1cccs1)/C(N)=N/O. The maximum absolute atomic E-state index is 8.69. The van der Waals surface area contributed by atoms with Crippen LogP contribution in [0.1, 0.15) is 38.0 Å². The first-order valence-corrected chi connectivity index (χ1v) is 7.65. The molecule has 19 heavy (non-hydrogen) atoms. The van der Waals surface area contributed by atoms with Gasteiger partial charge in [-0.1, -0.05) is 31.5 Å². The summed E-state index contributed by atoms with van der Waals surface area (Å²) < 4.78 is 0. The fourth-order valence-electron chi connectivity index (χ4n) is 1.87. The number of oxime groups is 1. The van der Waals surface area contributed by atoms with Crippen molar-refractivity contribution in [2.45, 2.75) is 39.5 Å². The molecule has 1 aromatic rings. The van der Waals surface area contributed by atoms with Crippen molar-refractivity contribution in [2.75, 3.05) is 13.1 Å². The molecule has 0 bridgehead atoms.